The van der Waals surface area contributed by atoms with E-state index in [0.29, 0.717) is 41.5 Å². The lowest BCUT2D eigenvalue weighted by molar-refractivity contribution is 0.336. The van der Waals surface area contributed by atoms with E-state index in [2.05, 4.69) is 26.0 Å². The summed E-state index contributed by atoms with van der Waals surface area (Å²) in [5.74, 6) is 0.745. The summed E-state index contributed by atoms with van der Waals surface area (Å²) < 4.78 is 23.2. The Hall–Kier alpha value is -4.25. The number of imidazole rings is 1. The third kappa shape index (κ3) is 3.20. The molecule has 0 atom stereocenters. The van der Waals surface area contributed by atoms with Gasteiger partial charge >= 0.3 is 5.69 Å². The second-order valence-corrected chi connectivity index (χ2v) is 8.25. The number of hydrogen-bond donors (Lipinski definition) is 1. The van der Waals surface area contributed by atoms with Gasteiger partial charge in [0.2, 0.25) is 11.8 Å². The molecule has 0 spiro atoms. The topological polar surface area (TPSA) is 112 Å². The summed E-state index contributed by atoms with van der Waals surface area (Å²) in [7, 11) is 1.68. The molecular weight excluding hydrogens is 439 g/mol. The van der Waals surface area contributed by atoms with Crippen molar-refractivity contribution in [3.8, 4) is 11.6 Å². The Balaban J connectivity index is 1.30. The van der Waals surface area contributed by atoms with E-state index in [-0.39, 0.29) is 17.5 Å². The van der Waals surface area contributed by atoms with Crippen LogP contribution in [0.5, 0.6) is 0 Å². The van der Waals surface area contributed by atoms with Gasteiger partial charge in [0.15, 0.2) is 17.1 Å². The molecule has 0 radical (unpaired) electrons. The molecule has 1 aliphatic heterocycles. The fourth-order valence-electron chi connectivity index (χ4n) is 4.40. The summed E-state index contributed by atoms with van der Waals surface area (Å²) >= 11 is 0. The van der Waals surface area contributed by atoms with Crippen LogP contribution < -0.4 is 11.4 Å². The van der Waals surface area contributed by atoms with Gasteiger partial charge in [-0.2, -0.15) is 9.50 Å². The Morgan fingerprint density at radius 3 is 2.71 bits per heavy atom. The molecule has 1 aromatic carbocycles. The van der Waals surface area contributed by atoms with Gasteiger partial charge in [0.25, 0.3) is 0 Å². The lowest BCUT2D eigenvalue weighted by Crippen LogP contribution is -2.30. The first kappa shape index (κ1) is 20.4. The molecule has 34 heavy (non-hydrogen) atoms. The third-order valence-electron chi connectivity index (χ3n) is 6.16. The Morgan fingerprint density at radius 2 is 1.94 bits per heavy atom. The van der Waals surface area contributed by atoms with Crippen molar-refractivity contribution in [2.24, 2.45) is 7.05 Å². The van der Waals surface area contributed by atoms with Crippen LogP contribution in [0.2, 0.25) is 0 Å². The van der Waals surface area contributed by atoms with E-state index in [1.807, 2.05) is 0 Å². The van der Waals surface area contributed by atoms with Crippen molar-refractivity contribution in [2.45, 2.75) is 6.54 Å². The van der Waals surface area contributed by atoms with Crippen molar-refractivity contribution in [3.05, 3.63) is 70.6 Å². The number of rotatable bonds is 5. The minimum absolute atomic E-state index is 0.133. The zero-order valence-corrected chi connectivity index (χ0v) is 18.3. The van der Waals surface area contributed by atoms with Crippen LogP contribution in [-0.2, 0) is 13.6 Å². The number of halogens is 1. The predicted octanol–water partition coefficient (Wildman–Crippen LogP) is 2.16. The smallest absolute Gasteiger partial charge is 0.330 e. The van der Waals surface area contributed by atoms with Gasteiger partial charge in [-0.3, -0.25) is 14.0 Å². The van der Waals surface area contributed by atoms with Gasteiger partial charge < -0.3 is 10.2 Å². The van der Waals surface area contributed by atoms with Crippen LogP contribution >= 0.6 is 0 Å². The van der Waals surface area contributed by atoms with Crippen LogP contribution in [0.3, 0.4) is 0 Å². The maximum Gasteiger partial charge on any atom is 0.330 e. The van der Waals surface area contributed by atoms with Gasteiger partial charge in [-0.1, -0.05) is 18.2 Å². The molecule has 0 saturated carbocycles. The molecule has 0 fully saturated rings. The Bertz CT molecular complexity index is 1610. The molecule has 0 bridgehead atoms. The number of aryl methyl sites for hydroxylation is 1. The van der Waals surface area contributed by atoms with E-state index in [0.717, 1.165) is 24.2 Å². The standard InChI is InChI=1S/C23H21FN8O2/c1-29-18-20(27-22(25)32-21(18)26-19(28-32)17-3-2-12-34-17)31(23(29)33)11-10-30-9-8-15(13-30)14-4-6-16(24)7-5-14/h2-8,12H,9-11,13H2,1H3,(H2,25,27). The molecule has 0 saturated heterocycles. The van der Waals surface area contributed by atoms with Crippen LogP contribution in [0, 0.1) is 5.82 Å². The molecule has 10 nitrogen and oxygen atoms in total. The van der Waals surface area contributed by atoms with Crippen LogP contribution in [0.4, 0.5) is 10.3 Å². The number of fused-ring (bicyclic) bond motifs is 3. The SMILES string of the molecule is Cn1c(=O)n(CCN2CC=C(c3ccc(F)cc3)C2)c2nc(N)n3nc(-c4ccco4)nc3c21. The quantitative estimate of drug-likeness (QED) is 0.428. The predicted molar refractivity (Wildman–Crippen MR) is 124 cm³/mol. The summed E-state index contributed by atoms with van der Waals surface area (Å²) in [6.07, 6.45) is 3.67. The number of aromatic nitrogens is 6. The molecule has 0 aliphatic carbocycles. The van der Waals surface area contributed by atoms with E-state index < -0.39 is 0 Å². The first-order valence-corrected chi connectivity index (χ1v) is 10.8. The van der Waals surface area contributed by atoms with Gasteiger partial charge in [0.05, 0.1) is 6.26 Å². The highest BCUT2D eigenvalue weighted by Crippen LogP contribution is 2.24. The summed E-state index contributed by atoms with van der Waals surface area (Å²) in [4.78, 5) is 24.4. The Labute approximate surface area is 192 Å². The molecule has 11 heteroatoms. The summed E-state index contributed by atoms with van der Waals surface area (Å²) in [5.41, 5.74) is 9.57. The molecule has 5 heterocycles. The van der Waals surface area contributed by atoms with Gasteiger partial charge in [-0.25, -0.2) is 14.2 Å². The second-order valence-electron chi connectivity index (χ2n) is 8.25. The highest BCUT2D eigenvalue weighted by atomic mass is 19.1. The molecule has 6 rings (SSSR count). The summed E-state index contributed by atoms with van der Waals surface area (Å²) in [6.45, 7) is 2.55. The van der Waals surface area contributed by atoms with Crippen molar-refractivity contribution in [1.82, 2.24) is 33.6 Å². The average Bonchev–Trinajstić information content (AvgIpc) is 3.61. The minimum Gasteiger partial charge on any atom is -0.461 e. The lowest BCUT2D eigenvalue weighted by Gasteiger charge is -2.16. The van der Waals surface area contributed by atoms with Crippen LogP contribution in [-0.4, -0.2) is 53.3 Å². The first-order chi connectivity index (χ1) is 16.5. The third-order valence-corrected chi connectivity index (χ3v) is 6.16. The van der Waals surface area contributed by atoms with Gasteiger partial charge in [0, 0.05) is 33.2 Å². The average molecular weight is 460 g/mol. The zero-order valence-electron chi connectivity index (χ0n) is 18.3. The van der Waals surface area contributed by atoms with Gasteiger partial charge in [-0.05, 0) is 35.4 Å². The largest absolute Gasteiger partial charge is 0.461 e. The Morgan fingerprint density at radius 1 is 1.12 bits per heavy atom. The monoisotopic (exact) mass is 460 g/mol. The molecule has 2 N–H and O–H groups in total. The molecule has 0 unspecified atom stereocenters. The van der Waals surface area contributed by atoms with E-state index in [1.165, 1.54) is 21.2 Å². The number of nitrogen functional groups attached to an aromatic ring is 1. The van der Waals surface area contributed by atoms with Crippen LogP contribution in [0.1, 0.15) is 5.56 Å². The van der Waals surface area contributed by atoms with Crippen molar-refractivity contribution >= 4 is 28.3 Å². The maximum atomic E-state index is 13.2. The molecule has 172 valence electrons. The van der Waals surface area contributed by atoms with Gasteiger partial charge in [0.1, 0.15) is 11.3 Å². The molecule has 5 aromatic rings. The molecular formula is C23H21FN8O2. The summed E-state index contributed by atoms with van der Waals surface area (Å²) in [6, 6.07) is 10.0. The van der Waals surface area contributed by atoms with Crippen LogP contribution in [0.15, 0.2) is 57.9 Å². The van der Waals surface area contributed by atoms with E-state index >= 15 is 0 Å². The number of nitrogens with zero attached hydrogens (tertiary/aromatic N) is 7. The fourth-order valence-corrected chi connectivity index (χ4v) is 4.40. The Kier molecular flexibility index (Phi) is 4.59. The van der Waals surface area contributed by atoms with Crippen molar-refractivity contribution < 1.29 is 8.81 Å². The molecule has 0 amide bonds. The maximum absolute atomic E-state index is 13.2. The van der Waals surface area contributed by atoms with E-state index in [4.69, 9.17) is 10.2 Å². The van der Waals surface area contributed by atoms with Crippen molar-refractivity contribution in [3.63, 3.8) is 0 Å². The van der Waals surface area contributed by atoms with Gasteiger partial charge in [-0.15, -0.1) is 5.10 Å². The number of hydrogen-bond acceptors (Lipinski definition) is 7. The fraction of sp³-hybridized carbons (Fsp3) is 0.217. The highest BCUT2D eigenvalue weighted by molar-refractivity contribution is 5.88. The zero-order chi connectivity index (χ0) is 23.4. The summed E-state index contributed by atoms with van der Waals surface area (Å²) in [5, 5.41) is 4.40. The molecule has 4 aromatic heterocycles. The number of nitrogens with two attached hydrogens (primary N) is 1. The minimum atomic E-state index is -0.251. The molecule has 1 aliphatic rings. The number of benzene rings is 1. The highest BCUT2D eigenvalue weighted by Gasteiger charge is 2.22. The van der Waals surface area contributed by atoms with Crippen LogP contribution in [0.25, 0.3) is 34.0 Å². The normalized spacial score (nSPS) is 14.5. The lowest BCUT2D eigenvalue weighted by atomic mass is 10.1. The number of anilines is 1. The van der Waals surface area contributed by atoms with Crippen molar-refractivity contribution in [2.75, 3.05) is 25.4 Å². The van der Waals surface area contributed by atoms with Crippen molar-refractivity contribution in [1.29, 1.82) is 0 Å². The second kappa shape index (κ2) is 7.66. The first-order valence-electron chi connectivity index (χ1n) is 10.8. The van der Waals surface area contributed by atoms with E-state index in [1.54, 1.807) is 42.1 Å². The van der Waals surface area contributed by atoms with E-state index in [9.17, 15) is 9.18 Å². The number of furan rings is 1.